The van der Waals surface area contributed by atoms with Gasteiger partial charge in [-0.1, -0.05) is 13.8 Å². The van der Waals surface area contributed by atoms with E-state index in [4.69, 9.17) is 5.73 Å². The molecule has 1 aliphatic rings. The molecule has 0 spiro atoms. The highest BCUT2D eigenvalue weighted by atomic mass is 16.2. The highest BCUT2D eigenvalue weighted by molar-refractivity contribution is 5.92. The lowest BCUT2D eigenvalue weighted by atomic mass is 9.91. The van der Waals surface area contributed by atoms with Gasteiger partial charge >= 0.3 is 0 Å². The molecule has 0 heterocycles. The second-order valence-electron chi connectivity index (χ2n) is 7.85. The summed E-state index contributed by atoms with van der Waals surface area (Å²) in [6.07, 6.45) is 4.25. The normalized spacial score (nSPS) is 19.9. The fourth-order valence-corrected chi connectivity index (χ4v) is 3.30. The van der Waals surface area contributed by atoms with Crippen LogP contribution in [0.5, 0.6) is 0 Å². The van der Waals surface area contributed by atoms with Crippen molar-refractivity contribution < 1.29 is 19.2 Å². The summed E-state index contributed by atoms with van der Waals surface area (Å²) in [5.74, 6) is -1.45. The van der Waals surface area contributed by atoms with Crippen LogP contribution in [-0.4, -0.2) is 68.4 Å². The Morgan fingerprint density at radius 2 is 1.48 bits per heavy atom. The van der Waals surface area contributed by atoms with E-state index in [-0.39, 0.29) is 37.5 Å². The summed E-state index contributed by atoms with van der Waals surface area (Å²) in [6, 6.07) is -0.157. The molecule has 10 heteroatoms. The van der Waals surface area contributed by atoms with Gasteiger partial charge in [0.2, 0.25) is 23.6 Å². The molecule has 166 valence electrons. The molecule has 0 aromatic heterocycles. The highest BCUT2D eigenvalue weighted by Gasteiger charge is 2.24. The van der Waals surface area contributed by atoms with Gasteiger partial charge in [0, 0.05) is 12.1 Å². The van der Waals surface area contributed by atoms with Gasteiger partial charge in [-0.2, -0.15) is 0 Å². The first-order chi connectivity index (χ1) is 13.7. The maximum Gasteiger partial charge on any atom is 0.243 e. The van der Waals surface area contributed by atoms with E-state index in [9.17, 15) is 19.2 Å². The third-order valence-corrected chi connectivity index (χ3v) is 4.91. The lowest BCUT2D eigenvalue weighted by Crippen LogP contribution is -2.52. The van der Waals surface area contributed by atoms with E-state index < -0.39 is 23.8 Å². The Kier molecular flexibility index (Phi) is 11.2. The SMILES string of the molecule is CN[C@H]1CC[C@H](NC(=O)CNC(=O)[C@H](CC(C)C)NC(=O)CNC(=O)CN)CC1. The van der Waals surface area contributed by atoms with Crippen molar-refractivity contribution >= 4 is 23.6 Å². The van der Waals surface area contributed by atoms with Crippen molar-refractivity contribution in [2.75, 3.05) is 26.7 Å². The quantitative estimate of drug-likeness (QED) is 0.239. The molecule has 10 nitrogen and oxygen atoms in total. The molecule has 1 atom stereocenters. The van der Waals surface area contributed by atoms with Crippen molar-refractivity contribution in [3.63, 3.8) is 0 Å². The van der Waals surface area contributed by atoms with Crippen molar-refractivity contribution in [1.82, 2.24) is 26.6 Å². The monoisotopic (exact) mass is 412 g/mol. The number of nitrogens with one attached hydrogen (secondary N) is 5. The molecule has 0 saturated heterocycles. The zero-order valence-corrected chi connectivity index (χ0v) is 17.7. The lowest BCUT2D eigenvalue weighted by molar-refractivity contribution is -0.131. The van der Waals surface area contributed by atoms with E-state index in [0.717, 1.165) is 25.7 Å². The first kappa shape index (κ1) is 24.8. The van der Waals surface area contributed by atoms with Gasteiger partial charge in [0.25, 0.3) is 0 Å². The Labute approximate surface area is 172 Å². The summed E-state index contributed by atoms with van der Waals surface area (Å²) in [6.45, 7) is 3.25. The predicted molar refractivity (Wildman–Crippen MR) is 110 cm³/mol. The number of hydrogen-bond acceptors (Lipinski definition) is 6. The van der Waals surface area contributed by atoms with Crippen LogP contribution in [-0.2, 0) is 19.2 Å². The van der Waals surface area contributed by atoms with Gasteiger partial charge in [0.15, 0.2) is 0 Å². The van der Waals surface area contributed by atoms with Crippen molar-refractivity contribution in [3.8, 4) is 0 Å². The van der Waals surface area contributed by atoms with E-state index in [1.807, 2.05) is 20.9 Å². The fraction of sp³-hybridized carbons (Fsp3) is 0.789. The topological polar surface area (TPSA) is 154 Å². The first-order valence-corrected chi connectivity index (χ1v) is 10.3. The molecule has 0 unspecified atom stereocenters. The Balaban J connectivity index is 2.43. The number of carbonyl (C=O) groups excluding carboxylic acids is 4. The summed E-state index contributed by atoms with van der Waals surface area (Å²) in [7, 11) is 1.94. The van der Waals surface area contributed by atoms with Gasteiger partial charge in [-0.05, 0) is 45.1 Å². The van der Waals surface area contributed by atoms with Crippen LogP contribution in [0.15, 0.2) is 0 Å². The summed E-state index contributed by atoms with van der Waals surface area (Å²) >= 11 is 0. The number of amides is 4. The molecule has 0 bridgehead atoms. The van der Waals surface area contributed by atoms with Gasteiger partial charge in [-0.25, -0.2) is 0 Å². The number of nitrogens with two attached hydrogens (primary N) is 1. The van der Waals surface area contributed by atoms with Gasteiger partial charge in [0.1, 0.15) is 6.04 Å². The molecule has 7 N–H and O–H groups in total. The van der Waals surface area contributed by atoms with Gasteiger partial charge in [0.05, 0.1) is 19.6 Å². The summed E-state index contributed by atoms with van der Waals surface area (Å²) in [4.78, 5) is 47.7. The predicted octanol–water partition coefficient (Wildman–Crippen LogP) is -1.64. The second kappa shape index (κ2) is 13.1. The average molecular weight is 413 g/mol. The molecule has 0 aromatic rings. The molecule has 29 heavy (non-hydrogen) atoms. The molecule has 1 fully saturated rings. The Bertz CT molecular complexity index is 561. The van der Waals surface area contributed by atoms with Gasteiger partial charge < -0.3 is 32.3 Å². The molecular weight excluding hydrogens is 376 g/mol. The highest BCUT2D eigenvalue weighted by Crippen LogP contribution is 2.18. The van der Waals surface area contributed by atoms with Crippen molar-refractivity contribution in [1.29, 1.82) is 0 Å². The largest absolute Gasteiger partial charge is 0.352 e. The van der Waals surface area contributed by atoms with Crippen LogP contribution in [0.3, 0.4) is 0 Å². The number of carbonyl (C=O) groups is 4. The zero-order valence-electron chi connectivity index (χ0n) is 17.7. The van der Waals surface area contributed by atoms with Crippen LogP contribution < -0.4 is 32.3 Å². The molecule has 1 saturated carbocycles. The Morgan fingerprint density at radius 3 is 2.03 bits per heavy atom. The number of hydrogen-bond donors (Lipinski definition) is 6. The van der Waals surface area contributed by atoms with E-state index in [1.165, 1.54) is 0 Å². The van der Waals surface area contributed by atoms with Crippen LogP contribution in [0.25, 0.3) is 0 Å². The average Bonchev–Trinajstić information content (AvgIpc) is 2.69. The standard InChI is InChI=1S/C19H36N6O4/c1-12(2)8-15(25-18(28)10-22-16(26)9-20)19(29)23-11-17(27)24-14-6-4-13(21-3)5-7-14/h12-15,21H,4-11,20H2,1-3H3,(H,22,26)(H,23,29)(H,24,27)(H,25,28)/t13-,14-,15-/m0/s1. The van der Waals surface area contributed by atoms with Crippen LogP contribution >= 0.6 is 0 Å². The molecule has 1 rings (SSSR count). The van der Waals surface area contributed by atoms with E-state index in [1.54, 1.807) is 0 Å². The maximum atomic E-state index is 12.5. The van der Waals surface area contributed by atoms with Crippen LogP contribution in [0, 0.1) is 5.92 Å². The third kappa shape index (κ3) is 10.2. The molecular formula is C19H36N6O4. The molecule has 0 aliphatic heterocycles. The molecule has 0 radical (unpaired) electrons. The third-order valence-electron chi connectivity index (χ3n) is 4.91. The van der Waals surface area contributed by atoms with E-state index in [2.05, 4.69) is 26.6 Å². The van der Waals surface area contributed by atoms with Crippen LogP contribution in [0.1, 0.15) is 46.0 Å². The maximum absolute atomic E-state index is 12.5. The van der Waals surface area contributed by atoms with Gasteiger partial charge in [-0.15, -0.1) is 0 Å². The summed E-state index contributed by atoms with van der Waals surface area (Å²) < 4.78 is 0. The minimum absolute atomic E-state index is 0.126. The molecule has 0 aromatic carbocycles. The van der Waals surface area contributed by atoms with Crippen molar-refractivity contribution in [2.24, 2.45) is 11.7 Å². The van der Waals surface area contributed by atoms with Crippen molar-refractivity contribution in [3.05, 3.63) is 0 Å². The molecule has 4 amide bonds. The zero-order chi connectivity index (χ0) is 21.8. The summed E-state index contributed by atoms with van der Waals surface area (Å²) in [5.41, 5.74) is 5.17. The van der Waals surface area contributed by atoms with E-state index >= 15 is 0 Å². The first-order valence-electron chi connectivity index (χ1n) is 10.3. The van der Waals surface area contributed by atoms with Crippen LogP contribution in [0.4, 0.5) is 0 Å². The second-order valence-corrected chi connectivity index (χ2v) is 7.85. The Morgan fingerprint density at radius 1 is 0.897 bits per heavy atom. The fourth-order valence-electron chi connectivity index (χ4n) is 3.30. The Hall–Kier alpha value is -2.20. The van der Waals surface area contributed by atoms with Crippen LogP contribution in [0.2, 0.25) is 0 Å². The number of rotatable bonds is 11. The van der Waals surface area contributed by atoms with Gasteiger partial charge in [-0.3, -0.25) is 19.2 Å². The smallest absolute Gasteiger partial charge is 0.243 e. The minimum Gasteiger partial charge on any atom is -0.352 e. The van der Waals surface area contributed by atoms with Crippen molar-refractivity contribution in [2.45, 2.75) is 64.1 Å². The molecule has 1 aliphatic carbocycles. The summed E-state index contributed by atoms with van der Waals surface area (Å²) in [5, 5.41) is 13.7. The lowest BCUT2D eigenvalue weighted by Gasteiger charge is -2.29. The van der Waals surface area contributed by atoms with E-state index in [0.29, 0.717) is 12.5 Å². The minimum atomic E-state index is -0.781.